The average molecular weight is 474 g/mol. The third-order valence-electron chi connectivity index (χ3n) is 6.82. The van der Waals surface area contributed by atoms with Gasteiger partial charge in [-0.05, 0) is 46.7 Å². The fourth-order valence-corrected chi connectivity index (χ4v) is 4.84. The van der Waals surface area contributed by atoms with E-state index in [0.717, 1.165) is 27.9 Å². The molecule has 2 aliphatic carbocycles. The molecule has 0 radical (unpaired) electrons. The molecule has 0 bridgehead atoms. The largest absolute Gasteiger partial charge is 0.481 e. The molecule has 0 aliphatic heterocycles. The molecule has 1 fully saturated rings. The van der Waals surface area contributed by atoms with Gasteiger partial charge in [0.2, 0.25) is 5.91 Å². The van der Waals surface area contributed by atoms with Crippen LogP contribution in [0, 0.1) is 11.8 Å². The van der Waals surface area contributed by atoms with Gasteiger partial charge in [-0.3, -0.25) is 9.59 Å². The number of rotatable bonds is 9. The quantitative estimate of drug-likeness (QED) is 0.380. The number of carbonyl (C=O) groups excluding carboxylic acids is 2. The Morgan fingerprint density at radius 3 is 2.29 bits per heavy atom. The van der Waals surface area contributed by atoms with Gasteiger partial charge in [-0.15, -0.1) is 0 Å². The number of benzene rings is 2. The maximum Gasteiger partial charge on any atom is 0.407 e. The number of amides is 2. The summed E-state index contributed by atoms with van der Waals surface area (Å²) in [6.45, 7) is 0.419. The number of aliphatic carboxylic acids is 1. The zero-order valence-corrected chi connectivity index (χ0v) is 19.1. The maximum absolute atomic E-state index is 12.9. The van der Waals surface area contributed by atoms with Gasteiger partial charge < -0.3 is 25.5 Å². The highest BCUT2D eigenvalue weighted by Crippen LogP contribution is 2.44. The highest BCUT2D eigenvalue weighted by atomic mass is 16.5. The predicted molar refractivity (Wildman–Crippen MR) is 129 cm³/mol. The number of carbonyl (C=O) groups is 3. The third kappa shape index (κ3) is 4.91. The molecule has 5 rings (SSSR count). The van der Waals surface area contributed by atoms with E-state index in [1.54, 1.807) is 6.20 Å². The topological polar surface area (TPSA) is 121 Å². The van der Waals surface area contributed by atoms with Crippen molar-refractivity contribution in [1.82, 2.24) is 15.6 Å². The van der Waals surface area contributed by atoms with E-state index in [4.69, 9.17) is 9.84 Å². The van der Waals surface area contributed by atoms with Gasteiger partial charge >= 0.3 is 12.1 Å². The lowest BCUT2D eigenvalue weighted by atomic mass is 9.98. The van der Waals surface area contributed by atoms with Gasteiger partial charge in [-0.2, -0.15) is 0 Å². The van der Waals surface area contributed by atoms with Crippen LogP contribution in [0.5, 0.6) is 0 Å². The molecule has 8 heteroatoms. The smallest absolute Gasteiger partial charge is 0.407 e. The molecule has 2 aromatic carbocycles. The van der Waals surface area contributed by atoms with Crippen molar-refractivity contribution in [2.24, 2.45) is 11.8 Å². The summed E-state index contributed by atoms with van der Waals surface area (Å²) in [6.07, 6.45) is 1.89. The van der Waals surface area contributed by atoms with Crippen LogP contribution in [0.25, 0.3) is 11.1 Å². The second kappa shape index (κ2) is 9.66. The standard InChI is InChI=1S/C27H27N3O5/c31-25(29-14-16-12-22(16)26(32)33)24(13-17-6-5-11-28-17)30-27(34)35-15-23-20-9-3-1-7-18(20)19-8-2-4-10-21(19)23/h1-11,16,22-24,28H,12-15H2,(H,29,31)(H,30,34)(H,32,33)/t16-,22-,24?/m1/s1. The van der Waals surface area contributed by atoms with Crippen molar-refractivity contribution in [2.75, 3.05) is 13.2 Å². The molecule has 180 valence electrons. The minimum absolute atomic E-state index is 0.0722. The van der Waals surface area contributed by atoms with Crippen LogP contribution in [0.2, 0.25) is 0 Å². The summed E-state index contributed by atoms with van der Waals surface area (Å²) in [4.78, 5) is 39.7. The zero-order valence-electron chi connectivity index (χ0n) is 19.1. The number of aromatic amines is 1. The van der Waals surface area contributed by atoms with E-state index in [0.29, 0.717) is 6.42 Å². The number of carboxylic acid groups (broad SMARTS) is 1. The zero-order chi connectivity index (χ0) is 24.4. The molecule has 1 aromatic heterocycles. The van der Waals surface area contributed by atoms with Crippen molar-refractivity contribution in [1.29, 1.82) is 0 Å². The second-order valence-corrected chi connectivity index (χ2v) is 9.11. The van der Waals surface area contributed by atoms with E-state index in [9.17, 15) is 14.4 Å². The van der Waals surface area contributed by atoms with Gasteiger partial charge in [0.05, 0.1) is 5.92 Å². The molecule has 1 heterocycles. The molecule has 35 heavy (non-hydrogen) atoms. The van der Waals surface area contributed by atoms with Crippen LogP contribution >= 0.6 is 0 Å². The van der Waals surface area contributed by atoms with Crippen LogP contribution in [0.1, 0.15) is 29.2 Å². The number of H-pyrrole nitrogens is 1. The van der Waals surface area contributed by atoms with Crippen LogP contribution in [-0.4, -0.2) is 47.3 Å². The molecule has 4 N–H and O–H groups in total. The minimum Gasteiger partial charge on any atom is -0.481 e. The van der Waals surface area contributed by atoms with Crippen LogP contribution in [-0.2, 0) is 20.7 Å². The van der Waals surface area contributed by atoms with E-state index < -0.39 is 24.0 Å². The number of aromatic nitrogens is 1. The lowest BCUT2D eigenvalue weighted by Gasteiger charge is -2.19. The first-order valence-electron chi connectivity index (χ1n) is 11.8. The summed E-state index contributed by atoms with van der Waals surface area (Å²) < 4.78 is 5.61. The highest BCUT2D eigenvalue weighted by Gasteiger charge is 2.43. The van der Waals surface area contributed by atoms with Gasteiger partial charge in [0.15, 0.2) is 0 Å². The first-order chi connectivity index (χ1) is 17.0. The van der Waals surface area contributed by atoms with Crippen molar-refractivity contribution in [2.45, 2.75) is 24.8 Å². The second-order valence-electron chi connectivity index (χ2n) is 9.11. The summed E-state index contributed by atoms with van der Waals surface area (Å²) in [6, 6.07) is 19.0. The molecule has 2 aliphatic rings. The predicted octanol–water partition coefficient (Wildman–Crippen LogP) is 3.30. The van der Waals surface area contributed by atoms with Crippen molar-refractivity contribution < 1.29 is 24.2 Å². The molecule has 2 amide bonds. The van der Waals surface area contributed by atoms with Crippen LogP contribution in [0.4, 0.5) is 4.79 Å². The number of fused-ring (bicyclic) bond motifs is 3. The first-order valence-corrected chi connectivity index (χ1v) is 11.8. The van der Waals surface area contributed by atoms with Crippen LogP contribution in [0.3, 0.4) is 0 Å². The molecule has 1 saturated carbocycles. The van der Waals surface area contributed by atoms with E-state index in [-0.39, 0.29) is 37.3 Å². The fraction of sp³-hybridized carbons (Fsp3) is 0.296. The summed E-state index contributed by atoms with van der Waals surface area (Å²) in [5.74, 6) is -1.77. The number of nitrogens with one attached hydrogen (secondary N) is 3. The fourth-order valence-electron chi connectivity index (χ4n) is 4.84. The van der Waals surface area contributed by atoms with Gasteiger partial charge in [0, 0.05) is 30.8 Å². The summed E-state index contributed by atoms with van der Waals surface area (Å²) >= 11 is 0. The Hall–Kier alpha value is -4.07. The molecule has 0 spiro atoms. The summed E-state index contributed by atoms with van der Waals surface area (Å²) in [5, 5.41) is 14.5. The van der Waals surface area contributed by atoms with E-state index in [1.165, 1.54) is 0 Å². The Kier molecular flexibility index (Phi) is 6.27. The molecule has 0 saturated heterocycles. The van der Waals surface area contributed by atoms with E-state index >= 15 is 0 Å². The number of alkyl carbamates (subject to hydrolysis) is 1. The van der Waals surface area contributed by atoms with Crippen LogP contribution in [0.15, 0.2) is 66.9 Å². The molecule has 8 nitrogen and oxygen atoms in total. The summed E-state index contributed by atoms with van der Waals surface area (Å²) in [7, 11) is 0. The van der Waals surface area contributed by atoms with Gasteiger partial charge in [-0.25, -0.2) is 4.79 Å². The normalized spacial score (nSPS) is 18.7. The van der Waals surface area contributed by atoms with Crippen molar-refractivity contribution in [3.05, 3.63) is 83.7 Å². The number of hydrogen-bond donors (Lipinski definition) is 4. The van der Waals surface area contributed by atoms with E-state index in [1.807, 2.05) is 48.5 Å². The Morgan fingerprint density at radius 2 is 1.69 bits per heavy atom. The Labute approximate surface area is 202 Å². The average Bonchev–Trinajstić information content (AvgIpc) is 3.34. The SMILES string of the molecule is O=C(NC(Cc1ccc[nH]1)C(=O)NC[C@H]1C[C@H]1C(=O)O)OCC1c2ccccc2-c2ccccc21. The van der Waals surface area contributed by atoms with Crippen molar-refractivity contribution >= 4 is 18.0 Å². The third-order valence-corrected chi connectivity index (χ3v) is 6.82. The molecule has 3 atom stereocenters. The number of ether oxygens (including phenoxy) is 1. The molecular formula is C27H27N3O5. The molecular weight excluding hydrogens is 446 g/mol. The van der Waals surface area contributed by atoms with Crippen molar-refractivity contribution in [3.8, 4) is 11.1 Å². The Bertz CT molecular complexity index is 1190. The number of hydrogen-bond acceptors (Lipinski definition) is 4. The lowest BCUT2D eigenvalue weighted by Crippen LogP contribution is -2.49. The number of carboxylic acids is 1. The Morgan fingerprint density at radius 1 is 1.00 bits per heavy atom. The Balaban J connectivity index is 1.22. The monoisotopic (exact) mass is 473 g/mol. The van der Waals surface area contributed by atoms with Crippen molar-refractivity contribution in [3.63, 3.8) is 0 Å². The summed E-state index contributed by atoms with van der Waals surface area (Å²) in [5.41, 5.74) is 5.29. The first kappa shape index (κ1) is 22.7. The van der Waals surface area contributed by atoms with Gasteiger partial charge in [-0.1, -0.05) is 48.5 Å². The maximum atomic E-state index is 12.9. The van der Waals surface area contributed by atoms with Gasteiger partial charge in [0.1, 0.15) is 12.6 Å². The van der Waals surface area contributed by atoms with Gasteiger partial charge in [0.25, 0.3) is 0 Å². The lowest BCUT2D eigenvalue weighted by molar-refractivity contribution is -0.139. The highest BCUT2D eigenvalue weighted by molar-refractivity contribution is 5.86. The van der Waals surface area contributed by atoms with E-state index in [2.05, 4.69) is 27.8 Å². The minimum atomic E-state index is -0.855. The molecule has 3 aromatic rings. The van der Waals surface area contributed by atoms with Crippen LogP contribution < -0.4 is 10.6 Å². The molecule has 1 unspecified atom stereocenters.